The highest BCUT2D eigenvalue weighted by molar-refractivity contribution is 7.91. The summed E-state index contributed by atoms with van der Waals surface area (Å²) in [5.74, 6) is -2.28. The van der Waals surface area contributed by atoms with Crippen LogP contribution in [0.25, 0.3) is 32.6 Å². The maximum Gasteiger partial charge on any atom is 0.408 e. The topological polar surface area (TPSA) is 229 Å². The average Bonchev–Trinajstić information content (AvgIpc) is 3.99. The third-order valence-electron chi connectivity index (χ3n) is 11.1. The van der Waals surface area contributed by atoms with Gasteiger partial charge >= 0.3 is 6.09 Å². The van der Waals surface area contributed by atoms with E-state index >= 15 is 0 Å². The van der Waals surface area contributed by atoms with E-state index < -0.39 is 85.3 Å². The fraction of sp³-hybridized carbons (Fsp3) is 0.535. The minimum Gasteiger partial charge on any atom is -0.495 e. The molecule has 4 heterocycles. The number of aromatic nitrogens is 2. The van der Waals surface area contributed by atoms with Gasteiger partial charge in [0.25, 0.3) is 5.91 Å². The Balaban J connectivity index is 1.28. The summed E-state index contributed by atoms with van der Waals surface area (Å²) in [6.07, 6.45) is 2.15. The number of hydrogen-bond acceptors (Lipinski definition) is 14. The van der Waals surface area contributed by atoms with E-state index in [1.807, 2.05) is 0 Å². The van der Waals surface area contributed by atoms with Gasteiger partial charge in [-0.25, -0.2) is 23.2 Å². The smallest absolute Gasteiger partial charge is 0.408 e. The molecule has 1 saturated heterocycles. The van der Waals surface area contributed by atoms with Crippen molar-refractivity contribution in [2.45, 2.75) is 121 Å². The van der Waals surface area contributed by atoms with Crippen molar-refractivity contribution >= 4 is 78.8 Å². The minimum absolute atomic E-state index is 0.0869. The first-order chi connectivity index (χ1) is 29.3. The lowest BCUT2D eigenvalue weighted by Gasteiger charge is -2.36. The third kappa shape index (κ3) is 9.33. The number of amides is 4. The van der Waals surface area contributed by atoms with E-state index in [0.29, 0.717) is 50.7 Å². The third-order valence-corrected chi connectivity index (χ3v) is 14.6. The van der Waals surface area contributed by atoms with Gasteiger partial charge in [0.1, 0.15) is 56.8 Å². The first kappa shape index (κ1) is 46.0. The van der Waals surface area contributed by atoms with E-state index in [4.69, 9.17) is 35.2 Å². The maximum absolute atomic E-state index is 14.8. The molecule has 340 valence electrons. The summed E-state index contributed by atoms with van der Waals surface area (Å²) in [5, 5.41) is 16.6. The number of methoxy groups -OCH3 is 1. The number of thiazole rings is 1. The number of alkyl carbamates (subject to hydrolysis) is 1. The Hall–Kier alpha value is -4.98. The van der Waals surface area contributed by atoms with Gasteiger partial charge in [-0.2, -0.15) is 0 Å². The zero-order valence-corrected chi connectivity index (χ0v) is 39.0. The lowest BCUT2D eigenvalue weighted by Crippen LogP contribution is -2.60. The molecule has 0 bridgehead atoms. The highest BCUT2D eigenvalue weighted by Gasteiger charge is 2.62. The zero-order chi connectivity index (χ0) is 46.2. The van der Waals surface area contributed by atoms with Crippen molar-refractivity contribution in [2.75, 3.05) is 13.7 Å². The van der Waals surface area contributed by atoms with Crippen LogP contribution in [-0.2, 0) is 34.7 Å². The van der Waals surface area contributed by atoms with Gasteiger partial charge < -0.3 is 39.3 Å². The molecule has 0 spiro atoms. The lowest BCUT2D eigenvalue weighted by molar-refractivity contribution is -0.143. The van der Waals surface area contributed by atoms with Crippen molar-refractivity contribution in [1.29, 1.82) is 0 Å². The molecular formula is C43H53ClN6O11S2. The molecule has 3 fully saturated rings. The Bertz CT molecular complexity index is 2620. The van der Waals surface area contributed by atoms with Gasteiger partial charge in [0, 0.05) is 24.6 Å². The number of sulfonamides is 1. The number of benzene rings is 1. The number of likely N-dealkylation sites (tertiary alicyclic amines) is 1. The second kappa shape index (κ2) is 16.2. The Labute approximate surface area is 374 Å². The number of hydrogen-bond donors (Lipinski definition) is 4. The number of ether oxygens (including phenoxy) is 3. The summed E-state index contributed by atoms with van der Waals surface area (Å²) in [4.78, 5) is 67.5. The molecule has 17 nitrogen and oxygen atoms in total. The lowest BCUT2D eigenvalue weighted by atomic mass is 9.85. The number of halogens is 1. The number of rotatable bonds is 13. The van der Waals surface area contributed by atoms with Gasteiger partial charge in [-0.05, 0) is 71.4 Å². The van der Waals surface area contributed by atoms with E-state index in [1.54, 1.807) is 79.8 Å². The minimum atomic E-state index is -3.97. The quantitative estimate of drug-likeness (QED) is 0.114. The van der Waals surface area contributed by atoms with Crippen LogP contribution in [0.1, 0.15) is 86.1 Å². The van der Waals surface area contributed by atoms with E-state index in [9.17, 15) is 32.7 Å². The fourth-order valence-electron chi connectivity index (χ4n) is 7.59. The Kier molecular flexibility index (Phi) is 11.9. The van der Waals surface area contributed by atoms with Gasteiger partial charge in [-0.3, -0.25) is 19.1 Å². The van der Waals surface area contributed by atoms with Crippen molar-refractivity contribution in [3.05, 3.63) is 47.1 Å². The summed E-state index contributed by atoms with van der Waals surface area (Å²) < 4.78 is 51.9. The Morgan fingerprint density at radius 3 is 2.38 bits per heavy atom. The van der Waals surface area contributed by atoms with Crippen LogP contribution in [0.5, 0.6) is 11.5 Å². The number of fused-ring (bicyclic) bond motifs is 3. The number of pyridine rings is 1. The highest BCUT2D eigenvalue weighted by atomic mass is 35.5. The summed E-state index contributed by atoms with van der Waals surface area (Å²) >= 11 is 8.07. The second-order valence-electron chi connectivity index (χ2n) is 18.9. The molecule has 3 aromatic heterocycles. The Morgan fingerprint density at radius 1 is 1.11 bits per heavy atom. The van der Waals surface area contributed by atoms with Crippen LogP contribution in [0.3, 0.4) is 0 Å². The number of carbonyl (C=O) groups excluding carboxylic acids is 4. The number of carbonyl (C=O) groups is 4. The van der Waals surface area contributed by atoms with Crippen molar-refractivity contribution < 1.29 is 51.3 Å². The van der Waals surface area contributed by atoms with Crippen LogP contribution in [0.15, 0.2) is 41.5 Å². The molecule has 7 rings (SSSR count). The normalized spacial score (nSPS) is 22.1. The van der Waals surface area contributed by atoms with Crippen LogP contribution in [0, 0.1) is 11.3 Å². The van der Waals surface area contributed by atoms with Crippen molar-refractivity contribution in [3.63, 3.8) is 0 Å². The molecule has 4 aromatic rings. The predicted octanol–water partition coefficient (Wildman–Crippen LogP) is 5.95. The molecule has 1 aromatic carbocycles. The molecule has 4 N–H and O–H groups in total. The molecule has 0 radical (unpaired) electrons. The molecule has 4 amide bonds. The van der Waals surface area contributed by atoms with Crippen LogP contribution in [0.4, 0.5) is 4.79 Å². The van der Waals surface area contributed by atoms with Crippen LogP contribution >= 0.6 is 22.9 Å². The summed E-state index contributed by atoms with van der Waals surface area (Å²) in [6.45, 7) is 17.2. The average molecular weight is 930 g/mol. The summed E-state index contributed by atoms with van der Waals surface area (Å²) in [6, 6.07) is 2.50. The molecule has 2 saturated carbocycles. The molecule has 0 unspecified atom stereocenters. The predicted molar refractivity (Wildman–Crippen MR) is 236 cm³/mol. The first-order valence-electron chi connectivity index (χ1n) is 20.5. The van der Waals surface area contributed by atoms with Crippen LogP contribution in [0.2, 0.25) is 5.02 Å². The molecular weight excluding hydrogens is 876 g/mol. The first-order valence-corrected chi connectivity index (χ1v) is 23.3. The van der Waals surface area contributed by atoms with E-state index in [0.717, 1.165) is 0 Å². The standard InChI is InChI=1S/C43H53ClN6O11S2/c1-11-21-18-43(21,37(53)49-63(56,57)23-12-13-23)48-35(51)25-16-22(20-50(25)36(52)34(40(2,3)4)47-39(54)61-41(5,6)7)59-28-17-24(29-19-45-38(62-29)42(8,9)55)46-32-30-26(60-33(28)32)14-15-27(58-10)31(30)44/h11,14-15,17,19,21-23,25,34,55H,1,12-13,16,18,20H2,2-10H3,(H,47,54)(H,48,51)(H,49,53)/t21-,22-,25+,34-,43-/m1/s1. The van der Waals surface area contributed by atoms with Crippen molar-refractivity contribution in [3.8, 4) is 22.1 Å². The molecule has 3 aliphatic rings. The van der Waals surface area contributed by atoms with Gasteiger partial charge in [0.2, 0.25) is 21.8 Å². The summed E-state index contributed by atoms with van der Waals surface area (Å²) in [7, 11) is -2.48. The van der Waals surface area contributed by atoms with Crippen molar-refractivity contribution in [2.24, 2.45) is 11.3 Å². The van der Waals surface area contributed by atoms with Gasteiger partial charge in [0.15, 0.2) is 11.3 Å². The number of aliphatic hydroxyl groups is 1. The van der Waals surface area contributed by atoms with E-state index in [1.165, 1.54) is 29.4 Å². The number of nitrogens with zero attached hydrogens (tertiary/aromatic N) is 3. The monoisotopic (exact) mass is 928 g/mol. The molecule has 1 aliphatic heterocycles. The van der Waals surface area contributed by atoms with E-state index in [-0.39, 0.29) is 35.7 Å². The molecule has 5 atom stereocenters. The van der Waals surface area contributed by atoms with Crippen LogP contribution < -0.4 is 24.8 Å². The molecule has 2 aliphatic carbocycles. The fourth-order valence-corrected chi connectivity index (χ4v) is 10.2. The second-order valence-corrected chi connectivity index (χ2v) is 22.3. The number of nitrogens with one attached hydrogen (secondary N) is 3. The van der Waals surface area contributed by atoms with Crippen molar-refractivity contribution in [1.82, 2.24) is 30.2 Å². The van der Waals surface area contributed by atoms with Crippen LogP contribution in [-0.4, -0.2) is 100 Å². The maximum atomic E-state index is 14.8. The summed E-state index contributed by atoms with van der Waals surface area (Å²) in [5.41, 5.74) is -3.33. The Morgan fingerprint density at radius 2 is 1.81 bits per heavy atom. The molecule has 63 heavy (non-hydrogen) atoms. The SMILES string of the molecule is C=C[C@@H]1C[C@]1(NC(=O)[C@@H]1C[C@@H](Oc2cc(-c3cnc(C(C)(C)O)s3)nc3c2oc2ccc(OC)c(Cl)c23)CN1C(=O)[C@@H](NC(=O)OC(C)(C)C)C(C)(C)C)C(=O)NS(=O)(=O)C1CC1. The van der Waals surface area contributed by atoms with Gasteiger partial charge in [-0.15, -0.1) is 17.9 Å². The highest BCUT2D eigenvalue weighted by Crippen LogP contribution is 2.47. The number of furan rings is 1. The van der Waals surface area contributed by atoms with Gasteiger partial charge in [0.05, 0.1) is 39.9 Å². The zero-order valence-electron chi connectivity index (χ0n) is 36.6. The molecule has 20 heteroatoms. The largest absolute Gasteiger partial charge is 0.495 e. The van der Waals surface area contributed by atoms with Gasteiger partial charge in [-0.1, -0.05) is 38.4 Å². The van der Waals surface area contributed by atoms with E-state index in [2.05, 4.69) is 26.9 Å².